The molecule has 0 radical (unpaired) electrons. The van der Waals surface area contributed by atoms with Crippen molar-refractivity contribution in [2.45, 2.75) is 19.3 Å². The summed E-state index contributed by atoms with van der Waals surface area (Å²) in [5.41, 5.74) is -0.198. The van der Waals surface area contributed by atoms with Crippen LogP contribution in [0.2, 0.25) is 0 Å². The van der Waals surface area contributed by atoms with E-state index in [0.717, 1.165) is 0 Å². The van der Waals surface area contributed by atoms with E-state index in [0.29, 0.717) is 11.3 Å². The Balaban J connectivity index is 3.37. The molecule has 0 bridgehead atoms. The molecule has 0 saturated carbocycles. The molecule has 0 amide bonds. The number of aliphatic hydroxyl groups excluding tert-OH is 1. The minimum absolute atomic E-state index is 0.000139. The van der Waals surface area contributed by atoms with Gasteiger partial charge < -0.3 is 9.84 Å². The minimum atomic E-state index is -0.670. The van der Waals surface area contributed by atoms with Crippen LogP contribution in [0.5, 0.6) is 5.75 Å². The number of ether oxygens (including phenoxy) is 1. The van der Waals surface area contributed by atoms with Gasteiger partial charge in [-0.05, 0) is 12.1 Å². The quantitative estimate of drug-likeness (QED) is 0.627. The molecular weight excluding hydrogens is 210 g/mol. The van der Waals surface area contributed by atoms with Crippen LogP contribution in [-0.4, -0.2) is 23.7 Å². The van der Waals surface area contributed by atoms with Gasteiger partial charge in [0, 0.05) is 17.0 Å². The summed E-state index contributed by atoms with van der Waals surface area (Å²) >= 11 is 0. The van der Waals surface area contributed by atoms with Crippen molar-refractivity contribution in [1.29, 1.82) is 0 Å². The summed E-state index contributed by atoms with van der Waals surface area (Å²) in [6.45, 7) is 3.32. The predicted octanol–water partition coefficient (Wildman–Crippen LogP) is 1.87. The summed E-state index contributed by atoms with van der Waals surface area (Å²) in [5.74, 6) is 0.544. The third-order valence-corrected chi connectivity index (χ3v) is 2.52. The second-order valence-corrected chi connectivity index (χ2v) is 4.18. The summed E-state index contributed by atoms with van der Waals surface area (Å²) in [6, 6.07) is 4.52. The molecule has 0 aromatic heterocycles. The van der Waals surface area contributed by atoms with Gasteiger partial charge in [-0.2, -0.15) is 0 Å². The molecule has 1 N–H and O–H groups in total. The molecule has 0 spiro atoms. The Hall–Kier alpha value is -1.62. The van der Waals surface area contributed by atoms with Crippen molar-refractivity contribution in [2.75, 3.05) is 13.7 Å². The van der Waals surface area contributed by atoms with E-state index in [-0.39, 0.29) is 12.3 Å². The molecule has 0 atom stereocenters. The van der Waals surface area contributed by atoms with Crippen LogP contribution in [0.25, 0.3) is 0 Å². The number of hydrogen-bond acceptors (Lipinski definition) is 4. The van der Waals surface area contributed by atoms with Gasteiger partial charge in [0.1, 0.15) is 5.75 Å². The lowest BCUT2D eigenvalue weighted by Gasteiger charge is -2.22. The van der Waals surface area contributed by atoms with Gasteiger partial charge in [0.05, 0.1) is 18.6 Å². The molecule has 1 rings (SSSR count). The molecule has 0 unspecified atom stereocenters. The van der Waals surface area contributed by atoms with Crippen molar-refractivity contribution in [2.24, 2.45) is 0 Å². The van der Waals surface area contributed by atoms with E-state index in [2.05, 4.69) is 0 Å². The predicted molar refractivity (Wildman–Crippen MR) is 59.8 cm³/mol. The maximum atomic E-state index is 10.9. The number of aliphatic hydroxyl groups is 1. The van der Waals surface area contributed by atoms with Crippen molar-refractivity contribution in [3.05, 3.63) is 33.9 Å². The van der Waals surface area contributed by atoms with Crippen LogP contribution in [0.1, 0.15) is 19.4 Å². The zero-order chi connectivity index (χ0) is 12.3. The van der Waals surface area contributed by atoms with Crippen molar-refractivity contribution in [1.82, 2.24) is 0 Å². The fraction of sp³-hybridized carbons (Fsp3) is 0.455. The van der Waals surface area contributed by atoms with Crippen LogP contribution in [-0.2, 0) is 5.41 Å². The lowest BCUT2D eigenvalue weighted by Crippen LogP contribution is -2.23. The van der Waals surface area contributed by atoms with Crippen molar-refractivity contribution in [3.63, 3.8) is 0 Å². The molecular formula is C11H15NO4. The minimum Gasteiger partial charge on any atom is -0.497 e. The average molecular weight is 225 g/mol. The lowest BCUT2D eigenvalue weighted by atomic mass is 9.84. The molecule has 0 heterocycles. The van der Waals surface area contributed by atoms with E-state index in [1.54, 1.807) is 19.9 Å². The molecule has 1 aromatic rings. The molecule has 88 valence electrons. The number of nitro benzene ring substituents is 1. The number of methoxy groups -OCH3 is 1. The van der Waals surface area contributed by atoms with Crippen LogP contribution < -0.4 is 4.74 Å². The van der Waals surface area contributed by atoms with Gasteiger partial charge in [-0.15, -0.1) is 0 Å². The van der Waals surface area contributed by atoms with Gasteiger partial charge in [-0.3, -0.25) is 10.1 Å². The highest BCUT2D eigenvalue weighted by atomic mass is 16.6. The summed E-state index contributed by atoms with van der Waals surface area (Å²) < 4.78 is 5.03. The van der Waals surface area contributed by atoms with Gasteiger partial charge in [-0.1, -0.05) is 13.8 Å². The first-order valence-corrected chi connectivity index (χ1v) is 4.86. The Morgan fingerprint density at radius 1 is 1.50 bits per heavy atom. The Morgan fingerprint density at radius 3 is 2.56 bits per heavy atom. The average Bonchev–Trinajstić information content (AvgIpc) is 2.28. The maximum absolute atomic E-state index is 10.9. The SMILES string of the molecule is COc1ccc([N+](=O)[O-])c(C(C)(C)CO)c1. The van der Waals surface area contributed by atoms with E-state index < -0.39 is 10.3 Å². The van der Waals surface area contributed by atoms with Crippen molar-refractivity contribution < 1.29 is 14.8 Å². The zero-order valence-corrected chi connectivity index (χ0v) is 9.56. The van der Waals surface area contributed by atoms with Crippen LogP contribution in [0.3, 0.4) is 0 Å². The Bertz CT molecular complexity index is 401. The van der Waals surface area contributed by atoms with Gasteiger partial charge in [-0.25, -0.2) is 0 Å². The highest BCUT2D eigenvalue weighted by molar-refractivity contribution is 5.49. The van der Waals surface area contributed by atoms with Crippen molar-refractivity contribution >= 4 is 5.69 Å². The molecule has 0 saturated heterocycles. The number of benzene rings is 1. The summed E-state index contributed by atoms with van der Waals surface area (Å²) in [5, 5.41) is 20.1. The Morgan fingerprint density at radius 2 is 2.12 bits per heavy atom. The fourth-order valence-electron chi connectivity index (χ4n) is 1.43. The number of rotatable bonds is 4. The molecule has 0 aliphatic heterocycles. The van der Waals surface area contributed by atoms with Crippen LogP contribution in [0, 0.1) is 10.1 Å². The maximum Gasteiger partial charge on any atom is 0.273 e. The number of hydrogen-bond donors (Lipinski definition) is 1. The van der Waals surface area contributed by atoms with E-state index in [9.17, 15) is 15.2 Å². The first-order chi connectivity index (χ1) is 7.42. The third-order valence-electron chi connectivity index (χ3n) is 2.52. The summed E-state index contributed by atoms with van der Waals surface area (Å²) in [6.07, 6.45) is 0. The third kappa shape index (κ3) is 2.30. The summed E-state index contributed by atoms with van der Waals surface area (Å²) in [7, 11) is 1.50. The van der Waals surface area contributed by atoms with Crippen LogP contribution in [0.15, 0.2) is 18.2 Å². The van der Waals surface area contributed by atoms with E-state index in [4.69, 9.17) is 4.74 Å². The topological polar surface area (TPSA) is 72.6 Å². The Labute approximate surface area is 93.8 Å². The zero-order valence-electron chi connectivity index (χ0n) is 9.56. The highest BCUT2D eigenvalue weighted by Crippen LogP contribution is 2.33. The van der Waals surface area contributed by atoms with E-state index in [1.807, 2.05) is 0 Å². The molecule has 0 aliphatic rings. The number of nitro groups is 1. The highest BCUT2D eigenvalue weighted by Gasteiger charge is 2.28. The fourth-order valence-corrected chi connectivity index (χ4v) is 1.43. The smallest absolute Gasteiger partial charge is 0.273 e. The number of nitrogens with zero attached hydrogens (tertiary/aromatic N) is 1. The molecule has 0 aliphatic carbocycles. The van der Waals surface area contributed by atoms with Crippen LogP contribution in [0.4, 0.5) is 5.69 Å². The monoisotopic (exact) mass is 225 g/mol. The molecule has 5 nitrogen and oxygen atoms in total. The second-order valence-electron chi connectivity index (χ2n) is 4.18. The van der Waals surface area contributed by atoms with Gasteiger partial charge in [0.2, 0.25) is 0 Å². The lowest BCUT2D eigenvalue weighted by molar-refractivity contribution is -0.386. The first-order valence-electron chi connectivity index (χ1n) is 4.86. The van der Waals surface area contributed by atoms with Gasteiger partial charge >= 0.3 is 0 Å². The molecule has 1 aromatic carbocycles. The normalized spacial score (nSPS) is 11.2. The molecule has 0 fully saturated rings. The van der Waals surface area contributed by atoms with E-state index in [1.165, 1.54) is 19.2 Å². The molecule has 16 heavy (non-hydrogen) atoms. The first kappa shape index (κ1) is 12.4. The van der Waals surface area contributed by atoms with E-state index >= 15 is 0 Å². The summed E-state index contributed by atoms with van der Waals surface area (Å²) in [4.78, 5) is 10.4. The second kappa shape index (κ2) is 4.49. The molecule has 5 heteroatoms. The Kier molecular flexibility index (Phi) is 3.49. The van der Waals surface area contributed by atoms with Crippen molar-refractivity contribution in [3.8, 4) is 5.75 Å². The van der Waals surface area contributed by atoms with Gasteiger partial charge in [0.25, 0.3) is 5.69 Å². The van der Waals surface area contributed by atoms with Crippen LogP contribution >= 0.6 is 0 Å². The van der Waals surface area contributed by atoms with Gasteiger partial charge in [0.15, 0.2) is 0 Å². The largest absolute Gasteiger partial charge is 0.497 e. The standard InChI is InChI=1S/C11H15NO4/c1-11(2,7-13)9-6-8(16-3)4-5-10(9)12(14)15/h4-6,13H,7H2,1-3H3.